The summed E-state index contributed by atoms with van der Waals surface area (Å²) in [5.41, 5.74) is 18.7. The molecule has 0 bridgehead atoms. The third-order valence-electron chi connectivity index (χ3n) is 10.3. The molecule has 2 atom stereocenters. The van der Waals surface area contributed by atoms with Crippen molar-refractivity contribution in [1.29, 1.82) is 0 Å². The summed E-state index contributed by atoms with van der Waals surface area (Å²) in [7, 11) is 0. The predicted molar refractivity (Wildman–Crippen MR) is 202 cm³/mol. The molecule has 0 saturated heterocycles. The standard InChI is InChI=1S/2C21H23.C2H7Si.Zr/c2*1-4-16-13-18-10-11-19(12-15(2)3)21(20(18)14-16)17-8-6-5-7-9-17;1-3-2;/h2*5-11,13-15H,4,12H2,1-3H3;3H,1-2H3;. The number of allylic oxidation sites excluding steroid dienone is 2. The number of hydrogen-bond donors (Lipinski definition) is 0. The summed E-state index contributed by atoms with van der Waals surface area (Å²) in [5.74, 6) is 0.315. The van der Waals surface area contributed by atoms with Crippen LogP contribution in [0.25, 0.3) is 34.4 Å². The summed E-state index contributed by atoms with van der Waals surface area (Å²) in [6.07, 6.45) is 9.92. The topological polar surface area (TPSA) is 0 Å². The maximum atomic E-state index is 2.71. The number of benzene rings is 4. The molecule has 2 aliphatic rings. The van der Waals surface area contributed by atoms with Crippen molar-refractivity contribution < 1.29 is 20.9 Å². The van der Waals surface area contributed by atoms with Crippen LogP contribution in [0.15, 0.2) is 96.1 Å². The molecule has 0 aromatic heterocycles. The molecule has 4 aromatic carbocycles. The van der Waals surface area contributed by atoms with Gasteiger partial charge in [0.05, 0.1) is 0 Å². The molecule has 6 rings (SSSR count). The Morgan fingerprint density at radius 1 is 0.565 bits per heavy atom. The second-order valence-electron chi connectivity index (χ2n) is 14.8. The second-order valence-corrected chi connectivity index (χ2v) is 34.9. The third-order valence-corrected chi connectivity index (χ3v) is 32.0. The molecule has 0 spiro atoms. The molecule has 0 nitrogen and oxygen atoms in total. The molecule has 2 heteroatoms. The molecular weight excluding hydrogens is 648 g/mol. The first-order chi connectivity index (χ1) is 22.2. The van der Waals surface area contributed by atoms with Gasteiger partial charge in [0.2, 0.25) is 0 Å². The number of hydrogen-bond acceptors (Lipinski definition) is 0. The summed E-state index contributed by atoms with van der Waals surface area (Å²) in [6, 6.07) is 32.8. The Morgan fingerprint density at radius 3 is 1.28 bits per heavy atom. The maximum absolute atomic E-state index is 2.71. The van der Waals surface area contributed by atoms with Gasteiger partial charge in [-0.2, -0.15) is 0 Å². The van der Waals surface area contributed by atoms with Crippen molar-refractivity contribution in [3.8, 4) is 22.3 Å². The molecular formula is C44H53SiZr. The quantitative estimate of drug-likeness (QED) is 0.137. The summed E-state index contributed by atoms with van der Waals surface area (Å²) in [4.78, 5) is 0. The van der Waals surface area contributed by atoms with E-state index in [9.17, 15) is 0 Å². The molecule has 46 heavy (non-hydrogen) atoms. The van der Waals surface area contributed by atoms with Crippen molar-refractivity contribution >= 4 is 18.1 Å². The third kappa shape index (κ3) is 6.34. The van der Waals surface area contributed by atoms with Gasteiger partial charge < -0.3 is 0 Å². The van der Waals surface area contributed by atoms with Gasteiger partial charge >= 0.3 is 290 Å². The van der Waals surface area contributed by atoms with Crippen LogP contribution >= 0.6 is 0 Å². The van der Waals surface area contributed by atoms with E-state index in [1.165, 1.54) is 33.4 Å². The van der Waals surface area contributed by atoms with Crippen molar-refractivity contribution in [2.24, 2.45) is 11.8 Å². The molecule has 2 unspecified atom stereocenters. The Kier molecular flexibility index (Phi) is 10.4. The molecule has 0 N–H and O–H groups in total. The second kappa shape index (κ2) is 14.3. The minimum atomic E-state index is -2.17. The van der Waals surface area contributed by atoms with Crippen LogP contribution < -0.4 is 0 Å². The van der Waals surface area contributed by atoms with Gasteiger partial charge in [-0.05, 0) is 0 Å². The average molecular weight is 701 g/mol. The minimum absolute atomic E-state index is 0.632. The Balaban J connectivity index is 1.54. The SMILES string of the molecule is CCC1=Cc2c(ccc(CC(C)C)c2-c2ccccc2)[CH]1[Zr]([CH]1C(CC)=Cc2c1ccc(CC(C)C)c2-c1ccccc1)[SiH](C)C. The van der Waals surface area contributed by atoms with Crippen molar-refractivity contribution in [1.82, 2.24) is 0 Å². The van der Waals surface area contributed by atoms with E-state index in [1.54, 1.807) is 33.4 Å². The van der Waals surface area contributed by atoms with Crippen LogP contribution in [0.4, 0.5) is 0 Å². The van der Waals surface area contributed by atoms with E-state index in [4.69, 9.17) is 0 Å². The van der Waals surface area contributed by atoms with Crippen molar-refractivity contribution in [3.63, 3.8) is 0 Å². The van der Waals surface area contributed by atoms with E-state index in [2.05, 4.69) is 152 Å². The average Bonchev–Trinajstić information content (AvgIpc) is 3.59. The molecule has 2 aliphatic carbocycles. The summed E-state index contributed by atoms with van der Waals surface area (Å²) in [5, 5.41) is 0. The van der Waals surface area contributed by atoms with E-state index >= 15 is 0 Å². The fourth-order valence-corrected chi connectivity index (χ4v) is 31.6. The van der Waals surface area contributed by atoms with Crippen LogP contribution in [0.3, 0.4) is 0 Å². The fraction of sp³-hybridized carbons (Fsp3) is 0.364. The monoisotopic (exact) mass is 699 g/mol. The van der Waals surface area contributed by atoms with Crippen LogP contribution in [-0.2, 0) is 33.8 Å². The summed E-state index contributed by atoms with van der Waals surface area (Å²) >= 11 is -2.17. The fourth-order valence-electron chi connectivity index (χ4n) is 8.46. The Bertz CT molecular complexity index is 1620. The van der Waals surface area contributed by atoms with Gasteiger partial charge in [0.1, 0.15) is 0 Å². The first-order valence-electron chi connectivity index (χ1n) is 17.9. The van der Waals surface area contributed by atoms with Crippen LogP contribution in [0.2, 0.25) is 13.1 Å². The zero-order valence-corrected chi connectivity index (χ0v) is 33.1. The molecule has 237 valence electrons. The zero-order valence-electron chi connectivity index (χ0n) is 29.5. The summed E-state index contributed by atoms with van der Waals surface area (Å²) in [6.45, 7) is 19.7. The zero-order chi connectivity index (χ0) is 32.5. The van der Waals surface area contributed by atoms with E-state index in [0.29, 0.717) is 19.1 Å². The Labute approximate surface area is 288 Å². The summed E-state index contributed by atoms with van der Waals surface area (Å²) < 4.78 is 1.34. The molecule has 0 radical (unpaired) electrons. The van der Waals surface area contributed by atoms with Gasteiger partial charge in [-0.25, -0.2) is 0 Å². The molecule has 0 heterocycles. The van der Waals surface area contributed by atoms with Gasteiger partial charge in [0.15, 0.2) is 0 Å². The first-order valence-corrected chi connectivity index (χ1v) is 27.9. The van der Waals surface area contributed by atoms with Gasteiger partial charge in [0, 0.05) is 0 Å². The van der Waals surface area contributed by atoms with Gasteiger partial charge in [0.25, 0.3) is 0 Å². The molecule has 0 amide bonds. The van der Waals surface area contributed by atoms with Crippen molar-refractivity contribution in [2.45, 2.75) is 87.6 Å². The van der Waals surface area contributed by atoms with Crippen LogP contribution in [-0.4, -0.2) is 5.92 Å². The number of rotatable bonds is 11. The Hall–Kier alpha value is -2.54. The predicted octanol–water partition coefficient (Wildman–Crippen LogP) is 12.4. The number of fused-ring (bicyclic) bond motifs is 2. The normalized spacial score (nSPS) is 17.0. The van der Waals surface area contributed by atoms with Gasteiger partial charge in [-0.1, -0.05) is 0 Å². The Morgan fingerprint density at radius 2 is 0.957 bits per heavy atom. The van der Waals surface area contributed by atoms with Crippen LogP contribution in [0.1, 0.15) is 95.0 Å². The van der Waals surface area contributed by atoms with E-state index in [1.807, 2.05) is 0 Å². The van der Waals surface area contributed by atoms with Crippen LogP contribution in [0.5, 0.6) is 0 Å². The van der Waals surface area contributed by atoms with Gasteiger partial charge in [-0.15, -0.1) is 0 Å². The van der Waals surface area contributed by atoms with E-state index in [0.717, 1.165) is 25.7 Å². The van der Waals surface area contributed by atoms with Crippen molar-refractivity contribution in [3.05, 3.63) is 129 Å². The molecule has 0 aliphatic heterocycles. The molecule has 0 fully saturated rings. The van der Waals surface area contributed by atoms with Crippen LogP contribution in [0, 0.1) is 11.8 Å². The molecule has 4 aromatic rings. The van der Waals surface area contributed by atoms with E-state index in [-0.39, 0.29) is 0 Å². The first kappa shape index (κ1) is 33.4. The van der Waals surface area contributed by atoms with E-state index < -0.39 is 26.8 Å². The van der Waals surface area contributed by atoms with Crippen molar-refractivity contribution in [2.75, 3.05) is 0 Å². The van der Waals surface area contributed by atoms with Gasteiger partial charge in [-0.3, -0.25) is 0 Å². The molecule has 0 saturated carbocycles.